The van der Waals surface area contributed by atoms with Gasteiger partial charge in [-0.3, -0.25) is 14.5 Å². The highest BCUT2D eigenvalue weighted by atomic mass is 32.1. The van der Waals surface area contributed by atoms with Crippen LogP contribution in [0.1, 0.15) is 53.5 Å². The normalized spacial score (nSPS) is 15.3. The van der Waals surface area contributed by atoms with Crippen LogP contribution in [0.2, 0.25) is 0 Å². The second kappa shape index (κ2) is 10.4. The average molecular weight is 471 g/mol. The Kier molecular flexibility index (Phi) is 7.37. The van der Waals surface area contributed by atoms with Crippen molar-refractivity contribution in [3.8, 4) is 0 Å². The van der Waals surface area contributed by atoms with E-state index in [1.165, 1.54) is 41.2 Å². The largest absolute Gasteiger partial charge is 0.351 e. The molecule has 0 spiro atoms. The molecule has 7 heteroatoms. The molecule has 0 radical (unpaired) electrons. The van der Waals surface area contributed by atoms with Gasteiger partial charge < -0.3 is 5.32 Å². The minimum atomic E-state index is -0.796. The first-order chi connectivity index (χ1) is 15.5. The summed E-state index contributed by atoms with van der Waals surface area (Å²) in [6, 6.07) is 10.9. The number of anilines is 1. The van der Waals surface area contributed by atoms with Gasteiger partial charge in [-0.25, -0.2) is 4.39 Å². The SMILES string of the molecule is Cc1ccsc1[C@H](C(=O)NC1CCCCC1)N(C(=O)Cc1cccs1)c1ccc(F)cc1. The van der Waals surface area contributed by atoms with E-state index < -0.39 is 6.04 Å². The van der Waals surface area contributed by atoms with Crippen molar-refractivity contribution in [2.45, 2.75) is 57.5 Å². The van der Waals surface area contributed by atoms with E-state index in [4.69, 9.17) is 0 Å². The lowest BCUT2D eigenvalue weighted by atomic mass is 9.95. The Morgan fingerprint density at radius 2 is 1.81 bits per heavy atom. The molecule has 3 aromatic rings. The molecule has 0 saturated heterocycles. The van der Waals surface area contributed by atoms with Crippen LogP contribution in [0.3, 0.4) is 0 Å². The molecule has 1 aliphatic rings. The van der Waals surface area contributed by atoms with Crippen LogP contribution in [0.5, 0.6) is 0 Å². The standard InChI is InChI=1S/C25H27FN2O2S2/c1-17-13-15-32-24(17)23(25(30)27-19-6-3-2-4-7-19)28(20-11-9-18(26)10-12-20)22(29)16-21-8-5-14-31-21/h5,8-15,19,23H,2-4,6-7,16H2,1H3,(H,27,30)/t23-/m1/s1. The molecule has 1 atom stereocenters. The Balaban J connectivity index is 1.72. The van der Waals surface area contributed by atoms with Gasteiger partial charge in [0.15, 0.2) is 0 Å². The van der Waals surface area contributed by atoms with E-state index in [0.717, 1.165) is 41.0 Å². The number of rotatable bonds is 7. The van der Waals surface area contributed by atoms with Crippen LogP contribution >= 0.6 is 22.7 Å². The number of amides is 2. The first kappa shape index (κ1) is 22.7. The van der Waals surface area contributed by atoms with Crippen LogP contribution in [-0.4, -0.2) is 17.9 Å². The summed E-state index contributed by atoms with van der Waals surface area (Å²) in [4.78, 5) is 30.6. The van der Waals surface area contributed by atoms with Crippen LogP contribution in [0.15, 0.2) is 53.2 Å². The predicted octanol–water partition coefficient (Wildman–Crippen LogP) is 6.02. The number of hydrogen-bond acceptors (Lipinski definition) is 4. The van der Waals surface area contributed by atoms with Crippen LogP contribution < -0.4 is 10.2 Å². The van der Waals surface area contributed by atoms with Crippen molar-refractivity contribution >= 4 is 40.2 Å². The minimum Gasteiger partial charge on any atom is -0.351 e. The molecule has 1 saturated carbocycles. The lowest BCUT2D eigenvalue weighted by Crippen LogP contribution is -2.47. The first-order valence-corrected chi connectivity index (χ1v) is 12.7. The van der Waals surface area contributed by atoms with Gasteiger partial charge in [-0.1, -0.05) is 25.3 Å². The van der Waals surface area contributed by atoms with Gasteiger partial charge in [-0.05, 0) is 72.5 Å². The summed E-state index contributed by atoms with van der Waals surface area (Å²) in [7, 11) is 0. The number of aryl methyl sites for hydroxylation is 1. The fourth-order valence-corrected chi connectivity index (χ4v) is 5.94. The summed E-state index contributed by atoms with van der Waals surface area (Å²) in [5.41, 5.74) is 1.49. The molecule has 1 aliphatic carbocycles. The van der Waals surface area contributed by atoms with Crippen molar-refractivity contribution in [1.82, 2.24) is 5.32 Å². The number of benzene rings is 1. The summed E-state index contributed by atoms with van der Waals surface area (Å²) in [6.07, 6.45) is 5.51. The second-order valence-corrected chi connectivity index (χ2v) is 10.2. The molecule has 2 aromatic heterocycles. The molecule has 0 aliphatic heterocycles. The number of carbonyl (C=O) groups is 2. The highest BCUT2D eigenvalue weighted by molar-refractivity contribution is 7.10. The predicted molar refractivity (Wildman–Crippen MR) is 129 cm³/mol. The molecule has 0 unspecified atom stereocenters. The van der Waals surface area contributed by atoms with Crippen molar-refractivity contribution in [2.24, 2.45) is 0 Å². The Morgan fingerprint density at radius 3 is 2.44 bits per heavy atom. The zero-order chi connectivity index (χ0) is 22.5. The van der Waals surface area contributed by atoms with Crippen LogP contribution in [-0.2, 0) is 16.0 Å². The summed E-state index contributed by atoms with van der Waals surface area (Å²) in [6.45, 7) is 1.96. The van der Waals surface area contributed by atoms with Gasteiger partial charge in [0, 0.05) is 21.5 Å². The lowest BCUT2D eigenvalue weighted by molar-refractivity contribution is -0.127. The zero-order valence-corrected chi connectivity index (χ0v) is 19.7. The van der Waals surface area contributed by atoms with Gasteiger partial charge in [-0.15, -0.1) is 22.7 Å². The number of nitrogens with one attached hydrogen (secondary N) is 1. The van der Waals surface area contributed by atoms with Crippen LogP contribution in [0.25, 0.3) is 0 Å². The summed E-state index contributed by atoms with van der Waals surface area (Å²) in [5, 5.41) is 7.09. The van der Waals surface area contributed by atoms with Gasteiger partial charge in [0.2, 0.25) is 11.8 Å². The molecule has 0 bridgehead atoms. The van der Waals surface area contributed by atoms with E-state index in [1.54, 1.807) is 17.0 Å². The molecule has 168 valence electrons. The van der Waals surface area contributed by atoms with E-state index in [2.05, 4.69) is 5.32 Å². The fraction of sp³-hybridized carbons (Fsp3) is 0.360. The molecule has 4 nitrogen and oxygen atoms in total. The van der Waals surface area contributed by atoms with Gasteiger partial charge >= 0.3 is 0 Å². The van der Waals surface area contributed by atoms with Crippen molar-refractivity contribution in [2.75, 3.05) is 4.90 Å². The zero-order valence-electron chi connectivity index (χ0n) is 18.1. The van der Waals surface area contributed by atoms with E-state index in [9.17, 15) is 14.0 Å². The third kappa shape index (κ3) is 5.27. The molecule has 2 heterocycles. The fourth-order valence-electron chi connectivity index (χ4n) is 4.23. The number of hydrogen-bond donors (Lipinski definition) is 1. The maximum absolute atomic E-state index is 13.7. The number of nitrogens with zero attached hydrogens (tertiary/aromatic N) is 1. The monoisotopic (exact) mass is 470 g/mol. The summed E-state index contributed by atoms with van der Waals surface area (Å²) >= 11 is 2.98. The Labute approximate surface area is 196 Å². The van der Waals surface area contributed by atoms with Gasteiger partial charge in [0.1, 0.15) is 11.9 Å². The Morgan fingerprint density at radius 1 is 1.06 bits per heavy atom. The molecule has 1 fully saturated rings. The maximum atomic E-state index is 13.7. The summed E-state index contributed by atoms with van der Waals surface area (Å²) in [5.74, 6) is -0.739. The van der Waals surface area contributed by atoms with E-state index >= 15 is 0 Å². The Hall–Kier alpha value is -2.51. The van der Waals surface area contributed by atoms with Crippen molar-refractivity contribution in [3.05, 3.63) is 74.4 Å². The van der Waals surface area contributed by atoms with E-state index in [-0.39, 0.29) is 30.1 Å². The third-order valence-electron chi connectivity index (χ3n) is 5.89. The number of carbonyl (C=O) groups excluding carboxylic acids is 2. The highest BCUT2D eigenvalue weighted by Gasteiger charge is 2.35. The van der Waals surface area contributed by atoms with Gasteiger partial charge in [0.05, 0.1) is 6.42 Å². The van der Waals surface area contributed by atoms with Crippen LogP contribution in [0, 0.1) is 12.7 Å². The number of thiophene rings is 2. The second-order valence-electron chi connectivity index (χ2n) is 8.21. The molecular formula is C25H27FN2O2S2. The van der Waals surface area contributed by atoms with Gasteiger partial charge in [-0.2, -0.15) is 0 Å². The quantitative estimate of drug-likeness (QED) is 0.459. The third-order valence-corrected chi connectivity index (χ3v) is 7.83. The molecule has 32 heavy (non-hydrogen) atoms. The topological polar surface area (TPSA) is 49.4 Å². The highest BCUT2D eigenvalue weighted by Crippen LogP contribution is 2.34. The van der Waals surface area contributed by atoms with Crippen molar-refractivity contribution in [3.63, 3.8) is 0 Å². The van der Waals surface area contributed by atoms with Crippen LogP contribution in [0.4, 0.5) is 10.1 Å². The first-order valence-electron chi connectivity index (χ1n) is 11.0. The molecular weight excluding hydrogens is 443 g/mol. The maximum Gasteiger partial charge on any atom is 0.248 e. The summed E-state index contributed by atoms with van der Waals surface area (Å²) < 4.78 is 13.7. The smallest absolute Gasteiger partial charge is 0.248 e. The molecule has 2 amide bonds. The number of halogens is 1. The Bertz CT molecular complexity index is 1040. The van der Waals surface area contributed by atoms with E-state index in [0.29, 0.717) is 5.69 Å². The van der Waals surface area contributed by atoms with E-state index in [1.807, 2.05) is 35.9 Å². The van der Waals surface area contributed by atoms with Gasteiger partial charge in [0.25, 0.3) is 0 Å². The average Bonchev–Trinajstić information content (AvgIpc) is 3.45. The minimum absolute atomic E-state index is 0.126. The van der Waals surface area contributed by atoms with Crippen molar-refractivity contribution in [1.29, 1.82) is 0 Å². The molecule has 4 rings (SSSR count). The molecule has 1 aromatic carbocycles. The lowest BCUT2D eigenvalue weighted by Gasteiger charge is -2.33. The van der Waals surface area contributed by atoms with Crippen molar-refractivity contribution < 1.29 is 14.0 Å². The molecule has 1 N–H and O–H groups in total.